The summed E-state index contributed by atoms with van der Waals surface area (Å²) in [5.74, 6) is -0.202. The van der Waals surface area contributed by atoms with Crippen LogP contribution in [0.4, 0.5) is 5.69 Å². The molecule has 1 atom stereocenters. The van der Waals surface area contributed by atoms with E-state index >= 15 is 0 Å². The average molecular weight is 296 g/mol. The summed E-state index contributed by atoms with van der Waals surface area (Å²) in [7, 11) is 0. The molecule has 2 aromatic rings. The van der Waals surface area contributed by atoms with Crippen molar-refractivity contribution >= 4 is 17.8 Å². The van der Waals surface area contributed by atoms with E-state index in [0.717, 1.165) is 16.9 Å². The number of hydrogen-bond donors (Lipinski definition) is 2. The Hall–Kier alpha value is -2.69. The van der Waals surface area contributed by atoms with Crippen molar-refractivity contribution < 1.29 is 4.79 Å². The largest absolute Gasteiger partial charge is 0.374 e. The van der Waals surface area contributed by atoms with Gasteiger partial charge in [-0.25, -0.2) is 5.43 Å². The van der Waals surface area contributed by atoms with Crippen LogP contribution in [0, 0.1) is 13.8 Å². The van der Waals surface area contributed by atoms with Gasteiger partial charge in [-0.05, 0) is 44.5 Å². The van der Waals surface area contributed by atoms with Crippen molar-refractivity contribution in [3.8, 4) is 0 Å². The molecule has 2 rings (SSSR count). The summed E-state index contributed by atoms with van der Waals surface area (Å²) in [6.07, 6.45) is 1.53. The van der Waals surface area contributed by atoms with E-state index in [1.54, 1.807) is 6.92 Å². The van der Waals surface area contributed by atoms with Crippen molar-refractivity contribution in [1.29, 1.82) is 0 Å². The summed E-state index contributed by atoms with van der Waals surface area (Å²) >= 11 is 0. The second-order valence-corrected chi connectivity index (χ2v) is 5.12. The number of hydrazone groups is 1. The van der Waals surface area contributed by atoms with Crippen LogP contribution in [-0.4, -0.2) is 23.1 Å². The fraction of sp³-hybridized carbons (Fsp3) is 0.235. The highest BCUT2D eigenvalue weighted by atomic mass is 16.2. The first kappa shape index (κ1) is 15.7. The van der Waals surface area contributed by atoms with Crippen LogP contribution in [0.15, 0.2) is 47.6 Å². The highest BCUT2D eigenvalue weighted by molar-refractivity contribution is 5.86. The van der Waals surface area contributed by atoms with Crippen LogP contribution in [0.3, 0.4) is 0 Å². The van der Waals surface area contributed by atoms with Crippen LogP contribution in [0.2, 0.25) is 0 Å². The van der Waals surface area contributed by atoms with E-state index in [1.165, 1.54) is 6.21 Å². The summed E-state index contributed by atoms with van der Waals surface area (Å²) in [5.41, 5.74) is 6.17. The number of amides is 1. The normalized spacial score (nSPS) is 12.1. The third kappa shape index (κ3) is 4.41. The maximum Gasteiger partial charge on any atom is 0.262 e. The summed E-state index contributed by atoms with van der Waals surface area (Å²) in [6.45, 7) is 5.70. The summed E-state index contributed by atoms with van der Waals surface area (Å²) in [6, 6.07) is 13.1. The van der Waals surface area contributed by atoms with Crippen LogP contribution in [0.1, 0.15) is 23.9 Å². The molecule has 0 radical (unpaired) electrons. The Morgan fingerprint density at radius 2 is 1.95 bits per heavy atom. The Morgan fingerprint density at radius 1 is 1.18 bits per heavy atom. The number of anilines is 1. The van der Waals surface area contributed by atoms with Crippen molar-refractivity contribution in [2.24, 2.45) is 5.10 Å². The third-order valence-corrected chi connectivity index (χ3v) is 3.19. The molecule has 0 saturated heterocycles. The molecule has 22 heavy (non-hydrogen) atoms. The lowest BCUT2D eigenvalue weighted by atomic mass is 10.2. The zero-order valence-corrected chi connectivity index (χ0v) is 13.0. The standard InChI is InChI=1S/C17H20N4O/c1-12-7-4-5-10-16(12)20-14(3)17(22)21-18-11-15-9-6-8-13(2)19-15/h4-11,14,20H,1-3H3,(H,21,22)/t14-/m0/s1. The lowest BCUT2D eigenvalue weighted by molar-refractivity contribution is -0.121. The number of aryl methyl sites for hydroxylation is 2. The topological polar surface area (TPSA) is 66.4 Å². The summed E-state index contributed by atoms with van der Waals surface area (Å²) in [4.78, 5) is 16.3. The SMILES string of the molecule is Cc1cccc(C=NNC(=O)[C@H](C)Nc2ccccc2C)n1. The number of para-hydroxylation sites is 1. The number of carbonyl (C=O) groups is 1. The van der Waals surface area contributed by atoms with Gasteiger partial charge in [0.05, 0.1) is 11.9 Å². The second-order valence-electron chi connectivity index (χ2n) is 5.12. The molecule has 1 aromatic carbocycles. The third-order valence-electron chi connectivity index (χ3n) is 3.19. The fourth-order valence-corrected chi connectivity index (χ4v) is 1.93. The van der Waals surface area contributed by atoms with E-state index in [2.05, 4.69) is 20.8 Å². The summed E-state index contributed by atoms with van der Waals surface area (Å²) in [5, 5.41) is 7.11. The fourth-order valence-electron chi connectivity index (χ4n) is 1.93. The molecule has 1 aromatic heterocycles. The lowest BCUT2D eigenvalue weighted by Crippen LogP contribution is -2.35. The number of nitrogens with zero attached hydrogens (tertiary/aromatic N) is 2. The van der Waals surface area contributed by atoms with E-state index in [9.17, 15) is 4.79 Å². The van der Waals surface area contributed by atoms with Crippen molar-refractivity contribution in [2.75, 3.05) is 5.32 Å². The Bertz CT molecular complexity index is 682. The van der Waals surface area contributed by atoms with Crippen molar-refractivity contribution in [3.05, 3.63) is 59.4 Å². The van der Waals surface area contributed by atoms with Crippen LogP contribution in [-0.2, 0) is 4.79 Å². The number of carbonyl (C=O) groups excluding carboxylic acids is 1. The second kappa shape index (κ2) is 7.36. The predicted molar refractivity (Wildman–Crippen MR) is 89.0 cm³/mol. The molecule has 0 fully saturated rings. The van der Waals surface area contributed by atoms with Gasteiger partial charge in [0.2, 0.25) is 0 Å². The van der Waals surface area contributed by atoms with Gasteiger partial charge in [0.15, 0.2) is 0 Å². The molecule has 2 N–H and O–H groups in total. The molecule has 0 unspecified atom stereocenters. The maximum atomic E-state index is 12.0. The molecule has 0 aliphatic rings. The monoisotopic (exact) mass is 296 g/mol. The quantitative estimate of drug-likeness (QED) is 0.658. The Balaban J connectivity index is 1.90. The van der Waals surface area contributed by atoms with Gasteiger partial charge in [-0.3, -0.25) is 9.78 Å². The zero-order valence-electron chi connectivity index (χ0n) is 13.0. The Morgan fingerprint density at radius 3 is 2.68 bits per heavy atom. The molecule has 0 spiro atoms. The first-order chi connectivity index (χ1) is 10.6. The molecular formula is C17H20N4O. The van der Waals surface area contributed by atoms with E-state index in [1.807, 2.05) is 56.3 Å². The van der Waals surface area contributed by atoms with Crippen LogP contribution >= 0.6 is 0 Å². The molecule has 0 aliphatic heterocycles. The lowest BCUT2D eigenvalue weighted by Gasteiger charge is -2.15. The molecule has 5 nitrogen and oxygen atoms in total. The molecule has 0 aliphatic carbocycles. The number of pyridine rings is 1. The smallest absolute Gasteiger partial charge is 0.262 e. The van der Waals surface area contributed by atoms with E-state index in [-0.39, 0.29) is 11.9 Å². The van der Waals surface area contributed by atoms with Gasteiger partial charge in [-0.15, -0.1) is 0 Å². The molecule has 1 heterocycles. The van der Waals surface area contributed by atoms with Gasteiger partial charge in [0, 0.05) is 11.4 Å². The first-order valence-electron chi connectivity index (χ1n) is 7.15. The molecular weight excluding hydrogens is 276 g/mol. The van der Waals surface area contributed by atoms with Crippen molar-refractivity contribution in [1.82, 2.24) is 10.4 Å². The number of rotatable bonds is 5. The number of benzene rings is 1. The minimum atomic E-state index is -0.385. The van der Waals surface area contributed by atoms with Gasteiger partial charge >= 0.3 is 0 Å². The number of hydrogen-bond acceptors (Lipinski definition) is 4. The van der Waals surface area contributed by atoms with Gasteiger partial charge in [-0.2, -0.15) is 5.10 Å². The van der Waals surface area contributed by atoms with E-state index in [0.29, 0.717) is 5.69 Å². The van der Waals surface area contributed by atoms with Gasteiger partial charge < -0.3 is 5.32 Å². The van der Waals surface area contributed by atoms with Crippen molar-refractivity contribution in [3.63, 3.8) is 0 Å². The maximum absolute atomic E-state index is 12.0. The highest BCUT2D eigenvalue weighted by Crippen LogP contribution is 2.14. The zero-order chi connectivity index (χ0) is 15.9. The molecule has 5 heteroatoms. The van der Waals surface area contributed by atoms with E-state index < -0.39 is 0 Å². The first-order valence-corrected chi connectivity index (χ1v) is 7.15. The van der Waals surface area contributed by atoms with Gasteiger partial charge in [0.25, 0.3) is 5.91 Å². The number of aromatic nitrogens is 1. The van der Waals surface area contributed by atoms with Crippen LogP contribution < -0.4 is 10.7 Å². The van der Waals surface area contributed by atoms with Gasteiger partial charge in [0.1, 0.15) is 6.04 Å². The minimum absolute atomic E-state index is 0.202. The Labute approximate surface area is 130 Å². The molecule has 114 valence electrons. The molecule has 1 amide bonds. The summed E-state index contributed by atoms with van der Waals surface area (Å²) < 4.78 is 0. The highest BCUT2D eigenvalue weighted by Gasteiger charge is 2.12. The van der Waals surface area contributed by atoms with Gasteiger partial charge in [-0.1, -0.05) is 24.3 Å². The number of nitrogens with one attached hydrogen (secondary N) is 2. The Kier molecular flexibility index (Phi) is 5.25. The van der Waals surface area contributed by atoms with Crippen LogP contribution in [0.5, 0.6) is 0 Å². The van der Waals surface area contributed by atoms with Crippen LogP contribution in [0.25, 0.3) is 0 Å². The predicted octanol–water partition coefficient (Wildman–Crippen LogP) is 2.65. The molecule has 0 bridgehead atoms. The average Bonchev–Trinajstić information content (AvgIpc) is 2.49. The minimum Gasteiger partial charge on any atom is -0.374 e. The molecule has 0 saturated carbocycles. The van der Waals surface area contributed by atoms with E-state index in [4.69, 9.17) is 0 Å². The van der Waals surface area contributed by atoms with Crippen molar-refractivity contribution in [2.45, 2.75) is 26.8 Å².